The van der Waals surface area contributed by atoms with Crippen molar-refractivity contribution in [2.45, 2.75) is 53.2 Å². The monoisotopic (exact) mass is 508 g/mol. The molecule has 0 aliphatic carbocycles. The van der Waals surface area contributed by atoms with E-state index >= 15 is 0 Å². The number of amides is 2. The van der Waals surface area contributed by atoms with Crippen molar-refractivity contribution in [1.82, 2.24) is 19.6 Å². The highest BCUT2D eigenvalue weighted by Gasteiger charge is 2.29. The van der Waals surface area contributed by atoms with Crippen LogP contribution in [-0.2, 0) is 19.6 Å². The normalized spacial score (nSPS) is 16.2. The smallest absolute Gasteiger partial charge is 0.415 e. The van der Waals surface area contributed by atoms with Crippen LogP contribution in [0.4, 0.5) is 4.79 Å². The molecule has 0 radical (unpaired) electrons. The van der Waals surface area contributed by atoms with E-state index in [1.165, 1.54) is 16.5 Å². The van der Waals surface area contributed by atoms with E-state index in [1.54, 1.807) is 11.0 Å². The van der Waals surface area contributed by atoms with Crippen LogP contribution >= 0.6 is 0 Å². The fourth-order valence-electron chi connectivity index (χ4n) is 5.06. The maximum Gasteiger partial charge on any atom is 0.415 e. The van der Waals surface area contributed by atoms with Gasteiger partial charge in [0.05, 0.1) is 5.56 Å². The average Bonchev–Trinajstić information content (AvgIpc) is 3.29. The summed E-state index contributed by atoms with van der Waals surface area (Å²) in [6.45, 7) is 14.9. The third kappa shape index (κ3) is 6.08. The Balaban J connectivity index is 1.54. The summed E-state index contributed by atoms with van der Waals surface area (Å²) >= 11 is 0. The second-order valence-corrected chi connectivity index (χ2v) is 10.4. The summed E-state index contributed by atoms with van der Waals surface area (Å²) in [5.41, 5.74) is 4.51. The highest BCUT2D eigenvalue weighted by atomic mass is 16.6. The van der Waals surface area contributed by atoms with Crippen LogP contribution in [-0.4, -0.2) is 83.0 Å². The van der Waals surface area contributed by atoms with Crippen LogP contribution in [0.25, 0.3) is 0 Å². The largest absolute Gasteiger partial charge is 0.508 e. The van der Waals surface area contributed by atoms with Crippen LogP contribution in [0.15, 0.2) is 30.3 Å². The van der Waals surface area contributed by atoms with Gasteiger partial charge in [0.1, 0.15) is 11.5 Å². The van der Waals surface area contributed by atoms with E-state index in [9.17, 15) is 14.7 Å². The minimum atomic E-state index is -0.533. The lowest BCUT2D eigenvalue weighted by atomic mass is 9.98. The first-order valence-corrected chi connectivity index (χ1v) is 13.3. The summed E-state index contributed by atoms with van der Waals surface area (Å²) in [5.74, 6) is -0.0873. The fourth-order valence-corrected chi connectivity index (χ4v) is 5.06. The molecule has 200 valence electrons. The lowest BCUT2D eigenvalue weighted by molar-refractivity contribution is 0.0747. The Morgan fingerprint density at radius 1 is 1.00 bits per heavy atom. The molecule has 2 amide bonds. The molecular weight excluding hydrogens is 468 g/mol. The van der Waals surface area contributed by atoms with E-state index < -0.39 is 6.09 Å². The van der Waals surface area contributed by atoms with Gasteiger partial charge in [0.2, 0.25) is 0 Å². The molecule has 0 bridgehead atoms. The zero-order chi connectivity index (χ0) is 26.7. The number of phenols is 1. The molecule has 8 nitrogen and oxygen atoms in total. The van der Waals surface area contributed by atoms with Crippen LogP contribution in [0.5, 0.6) is 11.5 Å². The summed E-state index contributed by atoms with van der Waals surface area (Å²) in [6.07, 6.45) is -0.533. The standard InChI is InChI=1S/C29H40N4O4/c1-6-32(7-2)29(36)37-27-16-26(34)24(20(3)4)15-25(27)28(35)33-18-22-9-8-21(14-23(22)19-33)17-31-12-10-30(5)11-13-31/h8-9,14-16,20,34H,6-7,10-13,17-19H2,1-5H3. The molecule has 37 heavy (non-hydrogen) atoms. The van der Waals surface area contributed by atoms with Crippen LogP contribution in [0, 0.1) is 0 Å². The lowest BCUT2D eigenvalue weighted by Crippen LogP contribution is -2.43. The van der Waals surface area contributed by atoms with Gasteiger partial charge in [-0.15, -0.1) is 0 Å². The molecule has 8 heteroatoms. The molecule has 2 aromatic rings. The van der Waals surface area contributed by atoms with Crippen molar-refractivity contribution in [2.24, 2.45) is 0 Å². The average molecular weight is 509 g/mol. The van der Waals surface area contributed by atoms with Gasteiger partial charge >= 0.3 is 6.09 Å². The Kier molecular flexibility index (Phi) is 8.39. The molecule has 1 N–H and O–H groups in total. The summed E-state index contributed by atoms with van der Waals surface area (Å²) in [4.78, 5) is 34.6. The number of phenolic OH excluding ortho intramolecular Hbond substituents is 1. The van der Waals surface area contributed by atoms with Gasteiger partial charge in [0, 0.05) is 65.0 Å². The number of benzene rings is 2. The molecule has 0 spiro atoms. The predicted molar refractivity (Wildman–Crippen MR) is 144 cm³/mol. The van der Waals surface area contributed by atoms with Gasteiger partial charge in [0.15, 0.2) is 0 Å². The van der Waals surface area contributed by atoms with E-state index in [1.807, 2.05) is 27.7 Å². The number of likely N-dealkylation sites (N-methyl/N-ethyl adjacent to an activating group) is 1. The van der Waals surface area contributed by atoms with Crippen molar-refractivity contribution in [3.63, 3.8) is 0 Å². The second kappa shape index (κ2) is 11.5. The topological polar surface area (TPSA) is 76.6 Å². The number of carbonyl (C=O) groups is 2. The number of nitrogens with zero attached hydrogens (tertiary/aromatic N) is 4. The maximum absolute atomic E-state index is 13.8. The Bertz CT molecular complexity index is 1140. The second-order valence-electron chi connectivity index (χ2n) is 10.4. The highest BCUT2D eigenvalue weighted by molar-refractivity contribution is 5.98. The summed E-state index contributed by atoms with van der Waals surface area (Å²) in [7, 11) is 2.16. The van der Waals surface area contributed by atoms with Gasteiger partial charge in [-0.2, -0.15) is 0 Å². The minimum absolute atomic E-state index is 0.00647. The number of hydrogen-bond donors (Lipinski definition) is 1. The van der Waals surface area contributed by atoms with Crippen molar-refractivity contribution in [3.8, 4) is 11.5 Å². The van der Waals surface area contributed by atoms with Crippen molar-refractivity contribution < 1.29 is 19.4 Å². The Morgan fingerprint density at radius 3 is 2.32 bits per heavy atom. The molecule has 2 aliphatic rings. The molecular formula is C29H40N4O4. The number of carbonyl (C=O) groups excluding carboxylic acids is 2. The first kappa shape index (κ1) is 26.9. The van der Waals surface area contributed by atoms with Crippen LogP contribution in [0.2, 0.25) is 0 Å². The van der Waals surface area contributed by atoms with Crippen LogP contribution < -0.4 is 4.74 Å². The zero-order valence-electron chi connectivity index (χ0n) is 22.8. The maximum atomic E-state index is 13.8. The summed E-state index contributed by atoms with van der Waals surface area (Å²) in [6, 6.07) is 9.60. The fraction of sp³-hybridized carbons (Fsp3) is 0.517. The molecule has 4 rings (SSSR count). The van der Waals surface area contributed by atoms with Crippen molar-refractivity contribution in [1.29, 1.82) is 0 Å². The third-order valence-electron chi connectivity index (χ3n) is 7.48. The molecule has 0 aromatic heterocycles. The molecule has 1 saturated heterocycles. The van der Waals surface area contributed by atoms with Gasteiger partial charge in [-0.3, -0.25) is 9.69 Å². The number of piperazine rings is 1. The van der Waals surface area contributed by atoms with E-state index in [4.69, 9.17) is 4.74 Å². The number of hydrogen-bond acceptors (Lipinski definition) is 6. The highest BCUT2D eigenvalue weighted by Crippen LogP contribution is 2.35. The Labute approximate surface area is 220 Å². The molecule has 2 aliphatic heterocycles. The number of fused-ring (bicyclic) bond motifs is 1. The number of ether oxygens (including phenoxy) is 1. The van der Waals surface area contributed by atoms with E-state index in [2.05, 4.69) is 35.0 Å². The molecule has 0 unspecified atom stereocenters. The molecule has 1 fully saturated rings. The summed E-state index contributed by atoms with van der Waals surface area (Å²) < 4.78 is 5.64. The quantitative estimate of drug-likeness (QED) is 0.602. The van der Waals surface area contributed by atoms with Gasteiger partial charge in [-0.25, -0.2) is 4.79 Å². The molecule has 2 heterocycles. The Hall–Kier alpha value is -3.10. The minimum Gasteiger partial charge on any atom is -0.508 e. The van der Waals surface area contributed by atoms with Crippen molar-refractivity contribution in [3.05, 3.63) is 58.1 Å². The zero-order valence-corrected chi connectivity index (χ0v) is 22.8. The van der Waals surface area contributed by atoms with Gasteiger partial charge in [-0.05, 0) is 55.1 Å². The predicted octanol–water partition coefficient (Wildman–Crippen LogP) is 4.26. The first-order valence-electron chi connectivity index (χ1n) is 13.3. The molecule has 2 aromatic carbocycles. The van der Waals surface area contributed by atoms with Crippen molar-refractivity contribution in [2.75, 3.05) is 46.3 Å². The van der Waals surface area contributed by atoms with E-state index in [0.29, 0.717) is 37.3 Å². The SMILES string of the molecule is CCN(CC)C(=O)Oc1cc(O)c(C(C)C)cc1C(=O)N1Cc2ccc(CN3CCN(C)CC3)cc2C1. The van der Waals surface area contributed by atoms with Crippen LogP contribution in [0.3, 0.4) is 0 Å². The molecule has 0 atom stereocenters. The van der Waals surface area contributed by atoms with Gasteiger partial charge in [0.25, 0.3) is 5.91 Å². The summed E-state index contributed by atoms with van der Waals surface area (Å²) in [5, 5.41) is 10.6. The third-order valence-corrected chi connectivity index (χ3v) is 7.48. The number of rotatable bonds is 7. The number of aromatic hydroxyl groups is 1. The van der Waals surface area contributed by atoms with E-state index in [-0.39, 0.29) is 23.3 Å². The first-order chi connectivity index (χ1) is 17.7. The molecule has 0 saturated carbocycles. The van der Waals surface area contributed by atoms with Gasteiger partial charge in [-0.1, -0.05) is 32.0 Å². The van der Waals surface area contributed by atoms with Gasteiger partial charge < -0.3 is 24.5 Å². The van der Waals surface area contributed by atoms with Crippen molar-refractivity contribution >= 4 is 12.0 Å². The lowest BCUT2D eigenvalue weighted by Gasteiger charge is -2.32. The Morgan fingerprint density at radius 2 is 1.68 bits per heavy atom. The van der Waals surface area contributed by atoms with Crippen LogP contribution in [0.1, 0.15) is 66.2 Å². The van der Waals surface area contributed by atoms with E-state index in [0.717, 1.165) is 43.9 Å².